The molecule has 0 aromatic heterocycles. The molecule has 0 saturated heterocycles. The zero-order valence-electron chi connectivity index (χ0n) is 14.9. The lowest BCUT2D eigenvalue weighted by Crippen LogP contribution is -2.34. The lowest BCUT2D eigenvalue weighted by molar-refractivity contribution is 0.0208. The van der Waals surface area contributed by atoms with Crippen LogP contribution in [0.2, 0.25) is 0 Å². The molecule has 0 spiro atoms. The Morgan fingerprint density at radius 2 is 1.92 bits per heavy atom. The van der Waals surface area contributed by atoms with Crippen molar-refractivity contribution in [1.29, 1.82) is 0 Å². The van der Waals surface area contributed by atoms with Gasteiger partial charge in [-0.2, -0.15) is 0 Å². The second kappa shape index (κ2) is 8.23. The number of benzene rings is 2. The van der Waals surface area contributed by atoms with Crippen molar-refractivity contribution in [2.45, 2.75) is 18.4 Å². The fourth-order valence-corrected chi connectivity index (χ4v) is 2.87. The number of carbonyl (C=O) groups is 1. The smallest absolute Gasteiger partial charge is 0.251 e. The van der Waals surface area contributed by atoms with Gasteiger partial charge >= 0.3 is 0 Å². The molecule has 0 aliphatic heterocycles. The average molecular weight is 344 g/mol. The summed E-state index contributed by atoms with van der Waals surface area (Å²) in [5.74, 6) is -0.592. The van der Waals surface area contributed by atoms with E-state index in [1.807, 2.05) is 31.1 Å². The highest BCUT2D eigenvalue weighted by Gasteiger charge is 2.31. The first-order chi connectivity index (χ1) is 11.9. The third-order valence-electron chi connectivity index (χ3n) is 4.31. The fraction of sp³-hybridized carbons (Fsp3) is 0.350. The van der Waals surface area contributed by atoms with Crippen molar-refractivity contribution in [3.05, 3.63) is 71.0 Å². The Hall–Kier alpha value is -2.24. The highest BCUT2D eigenvalue weighted by atomic mass is 19.1. The molecule has 0 aliphatic carbocycles. The lowest BCUT2D eigenvalue weighted by Gasteiger charge is -2.31. The maximum atomic E-state index is 13.7. The molecule has 2 N–H and O–H groups in total. The molecule has 25 heavy (non-hydrogen) atoms. The minimum absolute atomic E-state index is 0.204. The SMILES string of the molecule is CNC(=O)c1ccccc1CC(O)(CCN(C)C)c1cccc(F)c1. The Morgan fingerprint density at radius 3 is 2.56 bits per heavy atom. The summed E-state index contributed by atoms with van der Waals surface area (Å²) in [5.41, 5.74) is 0.495. The van der Waals surface area contributed by atoms with E-state index in [2.05, 4.69) is 5.32 Å². The van der Waals surface area contributed by atoms with E-state index in [1.54, 1.807) is 31.3 Å². The van der Waals surface area contributed by atoms with E-state index in [0.717, 1.165) is 5.56 Å². The van der Waals surface area contributed by atoms with Crippen LogP contribution in [0.15, 0.2) is 48.5 Å². The Balaban J connectivity index is 2.42. The van der Waals surface area contributed by atoms with Crippen molar-refractivity contribution in [3.8, 4) is 0 Å². The lowest BCUT2D eigenvalue weighted by atomic mass is 9.83. The molecule has 0 saturated carbocycles. The summed E-state index contributed by atoms with van der Waals surface area (Å²) in [5, 5.41) is 14.0. The number of amides is 1. The Bertz CT molecular complexity index is 733. The van der Waals surface area contributed by atoms with Crippen LogP contribution in [0.5, 0.6) is 0 Å². The third-order valence-corrected chi connectivity index (χ3v) is 4.31. The largest absolute Gasteiger partial charge is 0.385 e. The van der Waals surface area contributed by atoms with Crippen molar-refractivity contribution < 1.29 is 14.3 Å². The average Bonchev–Trinajstić information content (AvgIpc) is 2.60. The van der Waals surface area contributed by atoms with Crippen LogP contribution < -0.4 is 5.32 Å². The van der Waals surface area contributed by atoms with Crippen molar-refractivity contribution in [1.82, 2.24) is 10.2 Å². The maximum absolute atomic E-state index is 13.7. The van der Waals surface area contributed by atoms with Crippen LogP contribution in [0.3, 0.4) is 0 Å². The van der Waals surface area contributed by atoms with Gasteiger partial charge in [-0.25, -0.2) is 4.39 Å². The number of nitrogens with zero attached hydrogens (tertiary/aromatic N) is 1. The first-order valence-corrected chi connectivity index (χ1v) is 8.29. The number of hydrogen-bond acceptors (Lipinski definition) is 3. The highest BCUT2D eigenvalue weighted by Crippen LogP contribution is 2.31. The molecular weight excluding hydrogens is 319 g/mol. The van der Waals surface area contributed by atoms with Gasteiger partial charge in [-0.3, -0.25) is 4.79 Å². The molecule has 2 aromatic rings. The van der Waals surface area contributed by atoms with E-state index in [0.29, 0.717) is 24.1 Å². The zero-order chi connectivity index (χ0) is 18.4. The van der Waals surface area contributed by atoms with Gasteiger partial charge in [-0.1, -0.05) is 30.3 Å². The van der Waals surface area contributed by atoms with Gasteiger partial charge in [-0.05, 0) is 49.8 Å². The molecule has 134 valence electrons. The van der Waals surface area contributed by atoms with Crippen LogP contribution >= 0.6 is 0 Å². The molecule has 2 aromatic carbocycles. The number of halogens is 1. The number of rotatable bonds is 7. The monoisotopic (exact) mass is 344 g/mol. The van der Waals surface area contributed by atoms with E-state index in [-0.39, 0.29) is 18.1 Å². The van der Waals surface area contributed by atoms with Crippen LogP contribution in [0.25, 0.3) is 0 Å². The molecular formula is C20H25FN2O2. The summed E-state index contributed by atoms with van der Waals surface area (Å²) in [6.45, 7) is 0.634. The fourth-order valence-electron chi connectivity index (χ4n) is 2.87. The first-order valence-electron chi connectivity index (χ1n) is 8.29. The summed E-state index contributed by atoms with van der Waals surface area (Å²) in [6, 6.07) is 13.2. The van der Waals surface area contributed by atoms with Crippen LogP contribution in [0.1, 0.15) is 27.9 Å². The summed E-state index contributed by atoms with van der Waals surface area (Å²) >= 11 is 0. The van der Waals surface area contributed by atoms with Gasteiger partial charge in [0.2, 0.25) is 0 Å². The number of nitrogens with one attached hydrogen (secondary N) is 1. The van der Waals surface area contributed by atoms with Gasteiger partial charge in [0, 0.05) is 25.6 Å². The summed E-state index contributed by atoms with van der Waals surface area (Å²) < 4.78 is 13.7. The van der Waals surface area contributed by atoms with Crippen LogP contribution in [-0.4, -0.2) is 43.6 Å². The van der Waals surface area contributed by atoms with Gasteiger partial charge in [0.05, 0.1) is 5.60 Å². The Morgan fingerprint density at radius 1 is 1.20 bits per heavy atom. The first kappa shape index (κ1) is 19.1. The Labute approximate surface area is 148 Å². The van der Waals surface area contributed by atoms with Crippen molar-refractivity contribution in [3.63, 3.8) is 0 Å². The minimum atomic E-state index is -1.27. The summed E-state index contributed by atoms with van der Waals surface area (Å²) in [7, 11) is 5.42. The van der Waals surface area contributed by atoms with Crippen LogP contribution in [0, 0.1) is 5.82 Å². The quantitative estimate of drug-likeness (QED) is 0.812. The van der Waals surface area contributed by atoms with E-state index < -0.39 is 5.60 Å². The van der Waals surface area contributed by atoms with Gasteiger partial charge in [-0.15, -0.1) is 0 Å². The standard InChI is InChI=1S/C20H25FN2O2/c1-22-19(24)18-10-5-4-7-15(18)14-20(25,11-12-23(2)3)16-8-6-9-17(21)13-16/h4-10,13,25H,11-12,14H2,1-3H3,(H,22,24). The normalized spacial score (nSPS) is 13.5. The van der Waals surface area contributed by atoms with E-state index in [4.69, 9.17) is 0 Å². The predicted octanol–water partition coefficient (Wildman–Crippen LogP) is 2.57. The van der Waals surface area contributed by atoms with E-state index in [9.17, 15) is 14.3 Å². The molecule has 4 nitrogen and oxygen atoms in total. The number of carbonyl (C=O) groups excluding carboxylic acids is 1. The Kier molecular flexibility index (Phi) is 6.28. The van der Waals surface area contributed by atoms with Crippen LogP contribution in [-0.2, 0) is 12.0 Å². The molecule has 1 atom stereocenters. The maximum Gasteiger partial charge on any atom is 0.251 e. The second-order valence-corrected chi connectivity index (χ2v) is 6.51. The molecule has 0 radical (unpaired) electrons. The second-order valence-electron chi connectivity index (χ2n) is 6.51. The molecule has 1 amide bonds. The van der Waals surface area contributed by atoms with Gasteiger partial charge in [0.25, 0.3) is 5.91 Å². The van der Waals surface area contributed by atoms with Crippen molar-refractivity contribution in [2.24, 2.45) is 0 Å². The summed E-state index contributed by atoms with van der Waals surface area (Å²) in [6.07, 6.45) is 0.652. The van der Waals surface area contributed by atoms with Gasteiger partial charge in [0.1, 0.15) is 5.82 Å². The molecule has 0 bridgehead atoms. The topological polar surface area (TPSA) is 52.6 Å². The van der Waals surface area contributed by atoms with E-state index >= 15 is 0 Å². The van der Waals surface area contributed by atoms with Crippen LogP contribution in [0.4, 0.5) is 4.39 Å². The number of aliphatic hydroxyl groups is 1. The molecule has 5 heteroatoms. The molecule has 0 heterocycles. The van der Waals surface area contributed by atoms with E-state index in [1.165, 1.54) is 12.1 Å². The molecule has 2 rings (SSSR count). The highest BCUT2D eigenvalue weighted by molar-refractivity contribution is 5.95. The van der Waals surface area contributed by atoms with Crippen molar-refractivity contribution in [2.75, 3.05) is 27.7 Å². The number of hydrogen-bond donors (Lipinski definition) is 2. The molecule has 0 fully saturated rings. The molecule has 0 aliphatic rings. The third kappa shape index (κ3) is 4.87. The van der Waals surface area contributed by atoms with Crippen molar-refractivity contribution >= 4 is 5.91 Å². The van der Waals surface area contributed by atoms with Gasteiger partial charge in [0.15, 0.2) is 0 Å². The zero-order valence-corrected chi connectivity index (χ0v) is 14.9. The predicted molar refractivity (Wildman–Crippen MR) is 97.0 cm³/mol. The summed E-state index contributed by atoms with van der Waals surface area (Å²) in [4.78, 5) is 14.1. The minimum Gasteiger partial charge on any atom is -0.385 e. The van der Waals surface area contributed by atoms with Gasteiger partial charge < -0.3 is 15.3 Å². The molecule has 1 unspecified atom stereocenters.